The highest BCUT2D eigenvalue weighted by molar-refractivity contribution is 5.44. The zero-order valence-electron chi connectivity index (χ0n) is 10.1. The first-order valence-electron chi connectivity index (χ1n) is 5.87. The number of benzene rings is 1. The summed E-state index contributed by atoms with van der Waals surface area (Å²) in [5, 5.41) is 0. The number of fused-ring (bicyclic) bond motifs is 1. The van der Waals surface area contributed by atoms with E-state index in [4.69, 9.17) is 10.5 Å². The summed E-state index contributed by atoms with van der Waals surface area (Å²) in [6.45, 7) is 0.0852. The molecule has 0 fully saturated rings. The molecule has 0 unspecified atom stereocenters. The maximum absolute atomic E-state index is 13.6. The normalized spacial score (nSPS) is 10.8. The van der Waals surface area contributed by atoms with E-state index in [1.54, 1.807) is 35.0 Å². The van der Waals surface area contributed by atoms with E-state index in [0.717, 1.165) is 5.65 Å². The highest BCUT2D eigenvalue weighted by atomic mass is 19.1. The Morgan fingerprint density at radius 2 is 2.05 bits per heavy atom. The molecule has 0 aliphatic heterocycles. The van der Waals surface area contributed by atoms with Crippen molar-refractivity contribution in [3.8, 4) is 11.6 Å². The molecule has 4 nitrogen and oxygen atoms in total. The zero-order chi connectivity index (χ0) is 13.2. The summed E-state index contributed by atoms with van der Waals surface area (Å²) in [6, 6.07) is 10.1. The lowest BCUT2D eigenvalue weighted by atomic mass is 10.2. The van der Waals surface area contributed by atoms with Gasteiger partial charge < -0.3 is 10.5 Å². The minimum absolute atomic E-state index is 0.0852. The Kier molecular flexibility index (Phi) is 2.89. The van der Waals surface area contributed by atoms with E-state index in [-0.39, 0.29) is 12.4 Å². The predicted molar refractivity (Wildman–Crippen MR) is 69.6 cm³/mol. The van der Waals surface area contributed by atoms with Gasteiger partial charge in [0.15, 0.2) is 0 Å². The van der Waals surface area contributed by atoms with Crippen LogP contribution in [0.5, 0.6) is 11.6 Å². The summed E-state index contributed by atoms with van der Waals surface area (Å²) >= 11 is 0. The molecule has 2 N–H and O–H groups in total. The summed E-state index contributed by atoms with van der Waals surface area (Å²) in [7, 11) is 0. The number of aromatic nitrogens is 2. The van der Waals surface area contributed by atoms with E-state index >= 15 is 0 Å². The molecule has 2 aromatic heterocycles. The lowest BCUT2D eigenvalue weighted by molar-refractivity contribution is 0.444. The molecule has 3 aromatic rings. The van der Waals surface area contributed by atoms with E-state index in [9.17, 15) is 4.39 Å². The maximum Gasteiger partial charge on any atom is 0.205 e. The van der Waals surface area contributed by atoms with Crippen LogP contribution in [0.25, 0.3) is 5.65 Å². The summed E-state index contributed by atoms with van der Waals surface area (Å²) in [5.41, 5.74) is 6.69. The van der Waals surface area contributed by atoms with Crippen LogP contribution in [0.2, 0.25) is 0 Å². The molecule has 0 spiro atoms. The van der Waals surface area contributed by atoms with E-state index in [2.05, 4.69) is 4.98 Å². The van der Waals surface area contributed by atoms with E-state index in [0.29, 0.717) is 17.2 Å². The third-order valence-corrected chi connectivity index (χ3v) is 2.89. The van der Waals surface area contributed by atoms with Gasteiger partial charge in [-0.15, -0.1) is 0 Å². The fraction of sp³-hybridized carbons (Fsp3) is 0.0714. The standard InChI is InChI=1S/C14H12FN3O/c15-11-3-1-4-12(10(11)9-16)19-14-6-2-5-13-17-7-8-18(13)14/h1-8H,9,16H2. The largest absolute Gasteiger partial charge is 0.440 e. The summed E-state index contributed by atoms with van der Waals surface area (Å²) in [6.07, 6.45) is 3.46. The molecule has 1 aromatic carbocycles. The molecule has 0 bridgehead atoms. The molecule has 0 saturated carbocycles. The van der Waals surface area contributed by atoms with E-state index in [1.807, 2.05) is 12.1 Å². The fourth-order valence-electron chi connectivity index (χ4n) is 1.95. The number of hydrogen-bond donors (Lipinski definition) is 1. The number of nitrogens with zero attached hydrogens (tertiary/aromatic N) is 2. The number of ether oxygens (including phenoxy) is 1. The van der Waals surface area contributed by atoms with Gasteiger partial charge in [-0.1, -0.05) is 12.1 Å². The van der Waals surface area contributed by atoms with Crippen LogP contribution in [0.4, 0.5) is 4.39 Å². The Morgan fingerprint density at radius 3 is 2.89 bits per heavy atom. The lowest BCUT2D eigenvalue weighted by Crippen LogP contribution is -2.03. The first kappa shape index (κ1) is 11.7. The van der Waals surface area contributed by atoms with Crippen LogP contribution in [-0.4, -0.2) is 9.38 Å². The first-order valence-corrected chi connectivity index (χ1v) is 5.87. The molecule has 0 amide bonds. The molecular weight excluding hydrogens is 245 g/mol. The predicted octanol–water partition coefficient (Wildman–Crippen LogP) is 2.72. The van der Waals surface area contributed by atoms with Gasteiger partial charge >= 0.3 is 0 Å². The van der Waals surface area contributed by atoms with Gasteiger partial charge in [0.2, 0.25) is 5.88 Å². The van der Waals surface area contributed by atoms with Gasteiger partial charge in [0.05, 0.1) is 0 Å². The first-order chi connectivity index (χ1) is 9.29. The van der Waals surface area contributed by atoms with Crippen molar-refractivity contribution < 1.29 is 9.13 Å². The van der Waals surface area contributed by atoms with Gasteiger partial charge in [0.25, 0.3) is 0 Å². The van der Waals surface area contributed by atoms with Crippen molar-refractivity contribution >= 4 is 5.65 Å². The second-order valence-corrected chi connectivity index (χ2v) is 4.04. The summed E-state index contributed by atoms with van der Waals surface area (Å²) in [5.74, 6) is 0.622. The zero-order valence-corrected chi connectivity index (χ0v) is 10.1. The Labute approximate surface area is 109 Å². The van der Waals surface area contributed by atoms with Crippen LogP contribution in [0.15, 0.2) is 48.8 Å². The number of pyridine rings is 1. The number of hydrogen-bond acceptors (Lipinski definition) is 3. The minimum Gasteiger partial charge on any atom is -0.440 e. The van der Waals surface area contributed by atoms with Crippen molar-refractivity contribution in [2.24, 2.45) is 5.73 Å². The van der Waals surface area contributed by atoms with Gasteiger partial charge in [-0.05, 0) is 24.3 Å². The molecule has 0 aliphatic rings. The third kappa shape index (κ3) is 2.04. The Balaban J connectivity index is 2.06. The van der Waals surface area contributed by atoms with Gasteiger partial charge in [0.1, 0.15) is 17.2 Å². The second kappa shape index (κ2) is 4.70. The van der Waals surface area contributed by atoms with E-state index < -0.39 is 0 Å². The number of halogens is 1. The molecule has 5 heteroatoms. The van der Waals surface area contributed by atoms with Crippen molar-refractivity contribution in [3.63, 3.8) is 0 Å². The van der Waals surface area contributed by atoms with Crippen LogP contribution in [0.3, 0.4) is 0 Å². The fourth-order valence-corrected chi connectivity index (χ4v) is 1.95. The molecule has 3 rings (SSSR count). The highest BCUT2D eigenvalue weighted by Gasteiger charge is 2.10. The third-order valence-electron chi connectivity index (χ3n) is 2.89. The molecular formula is C14H12FN3O. The quantitative estimate of drug-likeness (QED) is 0.785. The smallest absolute Gasteiger partial charge is 0.205 e. The van der Waals surface area contributed by atoms with Gasteiger partial charge in [-0.3, -0.25) is 4.40 Å². The number of imidazole rings is 1. The lowest BCUT2D eigenvalue weighted by Gasteiger charge is -2.11. The van der Waals surface area contributed by atoms with Crippen LogP contribution in [0.1, 0.15) is 5.56 Å². The molecule has 0 atom stereocenters. The highest BCUT2D eigenvalue weighted by Crippen LogP contribution is 2.27. The Bertz CT molecular complexity index is 724. The molecule has 0 aliphatic carbocycles. The monoisotopic (exact) mass is 257 g/mol. The van der Waals surface area contributed by atoms with Crippen LogP contribution in [-0.2, 0) is 6.54 Å². The van der Waals surface area contributed by atoms with Crippen LogP contribution in [0, 0.1) is 5.82 Å². The van der Waals surface area contributed by atoms with E-state index in [1.165, 1.54) is 6.07 Å². The minimum atomic E-state index is -0.363. The maximum atomic E-state index is 13.6. The van der Waals surface area contributed by atoms with Crippen molar-refractivity contribution in [1.29, 1.82) is 0 Å². The van der Waals surface area contributed by atoms with Gasteiger partial charge in [-0.2, -0.15) is 0 Å². The average molecular weight is 257 g/mol. The molecule has 0 radical (unpaired) electrons. The van der Waals surface area contributed by atoms with Crippen LogP contribution < -0.4 is 10.5 Å². The van der Waals surface area contributed by atoms with Crippen molar-refractivity contribution in [2.75, 3.05) is 0 Å². The average Bonchev–Trinajstić information content (AvgIpc) is 2.88. The second-order valence-electron chi connectivity index (χ2n) is 4.04. The SMILES string of the molecule is NCc1c(F)cccc1Oc1cccc2nccn12. The van der Waals surface area contributed by atoms with Gasteiger partial charge in [0, 0.05) is 24.5 Å². The number of nitrogens with two attached hydrogens (primary N) is 1. The molecule has 2 heterocycles. The summed E-state index contributed by atoms with van der Waals surface area (Å²) in [4.78, 5) is 4.17. The Hall–Kier alpha value is -2.40. The topological polar surface area (TPSA) is 52.5 Å². The summed E-state index contributed by atoms with van der Waals surface area (Å²) < 4.78 is 21.2. The van der Waals surface area contributed by atoms with Crippen molar-refractivity contribution in [2.45, 2.75) is 6.54 Å². The van der Waals surface area contributed by atoms with Crippen LogP contribution >= 0.6 is 0 Å². The molecule has 19 heavy (non-hydrogen) atoms. The molecule has 0 saturated heterocycles. The molecule has 96 valence electrons. The Morgan fingerprint density at radius 1 is 1.21 bits per heavy atom. The van der Waals surface area contributed by atoms with Crippen molar-refractivity contribution in [1.82, 2.24) is 9.38 Å². The van der Waals surface area contributed by atoms with Crippen molar-refractivity contribution in [3.05, 3.63) is 60.2 Å². The number of rotatable bonds is 3. The van der Waals surface area contributed by atoms with Gasteiger partial charge in [-0.25, -0.2) is 9.37 Å².